The second-order valence-corrected chi connectivity index (χ2v) is 3.76. The highest BCUT2D eigenvalue weighted by atomic mass is 14.3. The number of rotatable bonds is 4. The molecule has 0 nitrogen and oxygen atoms in total. The zero-order chi connectivity index (χ0) is 8.10. The van der Waals surface area contributed by atoms with Gasteiger partial charge in [0, 0.05) is 0 Å². The van der Waals surface area contributed by atoms with Gasteiger partial charge in [-0.1, -0.05) is 39.5 Å². The van der Waals surface area contributed by atoms with Gasteiger partial charge in [-0.05, 0) is 31.1 Å². The summed E-state index contributed by atoms with van der Waals surface area (Å²) < 4.78 is 0. The van der Waals surface area contributed by atoms with Gasteiger partial charge in [-0.3, -0.25) is 0 Å². The predicted molar refractivity (Wildman–Crippen MR) is 50.0 cm³/mol. The summed E-state index contributed by atoms with van der Waals surface area (Å²) in [4.78, 5) is 0. The van der Waals surface area contributed by atoms with Crippen molar-refractivity contribution in [1.29, 1.82) is 0 Å². The van der Waals surface area contributed by atoms with E-state index in [0.29, 0.717) is 0 Å². The van der Waals surface area contributed by atoms with E-state index in [-0.39, 0.29) is 0 Å². The van der Waals surface area contributed by atoms with Crippen molar-refractivity contribution in [3.8, 4) is 0 Å². The predicted octanol–water partition coefficient (Wildman–Crippen LogP) is 3.63. The van der Waals surface area contributed by atoms with E-state index in [1.807, 2.05) is 0 Å². The van der Waals surface area contributed by atoms with Crippen molar-refractivity contribution in [2.75, 3.05) is 0 Å². The van der Waals surface area contributed by atoms with Gasteiger partial charge >= 0.3 is 0 Å². The molecule has 0 heterocycles. The van der Waals surface area contributed by atoms with E-state index >= 15 is 0 Å². The average molecular weight is 152 g/mol. The zero-order valence-corrected chi connectivity index (χ0v) is 7.68. The summed E-state index contributed by atoms with van der Waals surface area (Å²) in [6, 6.07) is 0. The molecule has 0 spiro atoms. The van der Waals surface area contributed by atoms with Crippen molar-refractivity contribution in [2.24, 2.45) is 11.8 Å². The van der Waals surface area contributed by atoms with Crippen LogP contribution in [0.4, 0.5) is 0 Å². The van der Waals surface area contributed by atoms with Crippen LogP contribution in [-0.2, 0) is 0 Å². The summed E-state index contributed by atoms with van der Waals surface area (Å²) in [6.07, 6.45) is 10.6. The van der Waals surface area contributed by atoms with Crippen LogP contribution < -0.4 is 0 Å². The standard InChI is InChI=1S/C11H20/c1-3-5-6-11-8-7-10(4-2)9-11/h8,10-11H,2-7,9H2,1H3. The molecule has 0 bridgehead atoms. The van der Waals surface area contributed by atoms with E-state index < -0.39 is 0 Å². The quantitative estimate of drug-likeness (QED) is 0.577. The zero-order valence-electron chi connectivity index (χ0n) is 7.68. The molecule has 2 atom stereocenters. The Labute approximate surface area is 71.4 Å². The van der Waals surface area contributed by atoms with Gasteiger partial charge < -0.3 is 0 Å². The minimum Gasteiger partial charge on any atom is -0.0654 e. The molecule has 0 N–H and O–H groups in total. The molecule has 2 radical (unpaired) electrons. The molecule has 0 heteroatoms. The molecule has 0 aromatic heterocycles. The fourth-order valence-electron chi connectivity index (χ4n) is 1.94. The largest absolute Gasteiger partial charge is 0.0654 e. The van der Waals surface area contributed by atoms with Gasteiger partial charge in [-0.2, -0.15) is 0 Å². The van der Waals surface area contributed by atoms with Crippen LogP contribution in [0, 0.1) is 25.2 Å². The summed E-state index contributed by atoms with van der Waals surface area (Å²) in [6.45, 7) is 6.23. The first-order valence-corrected chi connectivity index (χ1v) is 4.99. The van der Waals surface area contributed by atoms with Crippen LogP contribution in [-0.4, -0.2) is 0 Å². The van der Waals surface area contributed by atoms with Crippen LogP contribution in [0.3, 0.4) is 0 Å². The van der Waals surface area contributed by atoms with Crippen molar-refractivity contribution in [2.45, 2.75) is 45.4 Å². The van der Waals surface area contributed by atoms with Crippen molar-refractivity contribution in [1.82, 2.24) is 0 Å². The van der Waals surface area contributed by atoms with E-state index in [4.69, 9.17) is 0 Å². The Bertz CT molecular complexity index is 96.2. The lowest BCUT2D eigenvalue weighted by molar-refractivity contribution is 0.469. The van der Waals surface area contributed by atoms with Gasteiger partial charge in [0.05, 0.1) is 0 Å². The van der Waals surface area contributed by atoms with Gasteiger partial charge in [0.25, 0.3) is 0 Å². The van der Waals surface area contributed by atoms with Gasteiger partial charge in [0.1, 0.15) is 0 Å². The van der Waals surface area contributed by atoms with Gasteiger partial charge in [-0.15, -0.1) is 0 Å². The molecule has 64 valence electrons. The van der Waals surface area contributed by atoms with Gasteiger partial charge in [0.2, 0.25) is 0 Å². The fourth-order valence-corrected chi connectivity index (χ4v) is 1.94. The first-order chi connectivity index (χ1) is 5.36. The van der Waals surface area contributed by atoms with Crippen LogP contribution in [0.25, 0.3) is 0 Å². The maximum absolute atomic E-state index is 3.96. The molecular formula is C11H20. The summed E-state index contributed by atoms with van der Waals surface area (Å²) in [5.41, 5.74) is 0. The summed E-state index contributed by atoms with van der Waals surface area (Å²) in [5, 5.41) is 0. The maximum Gasteiger partial charge on any atom is -0.0352 e. The molecule has 0 saturated heterocycles. The monoisotopic (exact) mass is 152 g/mol. The summed E-state index contributed by atoms with van der Waals surface area (Å²) >= 11 is 0. The molecule has 1 aliphatic rings. The Kier molecular flexibility index (Phi) is 3.96. The molecular weight excluding hydrogens is 132 g/mol. The van der Waals surface area contributed by atoms with Crippen LogP contribution in [0.1, 0.15) is 45.4 Å². The molecule has 1 rings (SSSR count). The topological polar surface area (TPSA) is 0 Å². The first kappa shape index (κ1) is 9.09. The fraction of sp³-hybridized carbons (Fsp3) is 0.818. The lowest BCUT2D eigenvalue weighted by Crippen LogP contribution is -1.95. The normalized spacial score (nSPS) is 31.1. The van der Waals surface area contributed by atoms with E-state index in [1.54, 1.807) is 0 Å². The maximum atomic E-state index is 3.96. The van der Waals surface area contributed by atoms with Crippen LogP contribution in [0.2, 0.25) is 0 Å². The Balaban J connectivity index is 2.09. The van der Waals surface area contributed by atoms with Crippen LogP contribution >= 0.6 is 0 Å². The lowest BCUT2D eigenvalue weighted by Gasteiger charge is -2.08. The average Bonchev–Trinajstić information content (AvgIpc) is 2.48. The molecule has 1 aliphatic carbocycles. The Morgan fingerprint density at radius 3 is 2.91 bits per heavy atom. The molecule has 0 aromatic rings. The number of hydrogen-bond donors (Lipinski definition) is 0. The lowest BCUT2D eigenvalue weighted by atomic mass is 9.98. The molecule has 2 unspecified atom stereocenters. The van der Waals surface area contributed by atoms with Crippen LogP contribution in [0.15, 0.2) is 0 Å². The smallest absolute Gasteiger partial charge is 0.0352 e. The SMILES string of the molecule is [CH2]CC1C[CH]C(CCCC)C1. The molecule has 0 aromatic carbocycles. The van der Waals surface area contributed by atoms with Crippen molar-refractivity contribution >= 4 is 0 Å². The van der Waals surface area contributed by atoms with Crippen molar-refractivity contribution in [3.05, 3.63) is 13.3 Å². The van der Waals surface area contributed by atoms with E-state index in [0.717, 1.165) is 18.3 Å². The molecule has 11 heavy (non-hydrogen) atoms. The number of unbranched alkanes of at least 4 members (excludes halogenated alkanes) is 1. The molecule has 1 fully saturated rings. The highest BCUT2D eigenvalue weighted by Gasteiger charge is 2.22. The minimum atomic E-state index is 0.914. The van der Waals surface area contributed by atoms with Gasteiger partial charge in [-0.25, -0.2) is 0 Å². The van der Waals surface area contributed by atoms with Crippen molar-refractivity contribution < 1.29 is 0 Å². The highest BCUT2D eigenvalue weighted by molar-refractivity contribution is 4.88. The Morgan fingerprint density at radius 2 is 2.36 bits per heavy atom. The second-order valence-electron chi connectivity index (χ2n) is 3.76. The van der Waals surface area contributed by atoms with Crippen LogP contribution in [0.5, 0.6) is 0 Å². The molecule has 0 amide bonds. The van der Waals surface area contributed by atoms with Gasteiger partial charge in [0.15, 0.2) is 0 Å². The number of hydrogen-bond acceptors (Lipinski definition) is 0. The molecule has 1 saturated carbocycles. The highest BCUT2D eigenvalue weighted by Crippen LogP contribution is 2.34. The molecule has 0 aliphatic heterocycles. The van der Waals surface area contributed by atoms with E-state index in [2.05, 4.69) is 20.3 Å². The second kappa shape index (κ2) is 4.79. The Morgan fingerprint density at radius 1 is 1.55 bits per heavy atom. The van der Waals surface area contributed by atoms with E-state index in [9.17, 15) is 0 Å². The van der Waals surface area contributed by atoms with Crippen molar-refractivity contribution in [3.63, 3.8) is 0 Å². The third kappa shape index (κ3) is 2.84. The first-order valence-electron chi connectivity index (χ1n) is 4.99. The summed E-state index contributed by atoms with van der Waals surface area (Å²) in [7, 11) is 0. The third-order valence-electron chi connectivity index (χ3n) is 2.78. The summed E-state index contributed by atoms with van der Waals surface area (Å²) in [5.74, 6) is 1.85. The minimum absolute atomic E-state index is 0.914. The third-order valence-corrected chi connectivity index (χ3v) is 2.78. The Hall–Kier alpha value is 0. The van der Waals surface area contributed by atoms with E-state index in [1.165, 1.54) is 32.1 Å².